The van der Waals surface area contributed by atoms with Crippen LogP contribution in [0.4, 0.5) is 39.5 Å². The van der Waals surface area contributed by atoms with Crippen LogP contribution in [-0.4, -0.2) is 7.11 Å². The predicted octanol–water partition coefficient (Wildman–Crippen LogP) is 8.59. The van der Waals surface area contributed by atoms with Crippen molar-refractivity contribution in [2.45, 2.75) is 0 Å². The molecule has 0 saturated carbocycles. The lowest BCUT2D eigenvalue weighted by Gasteiger charge is -2.20. The largest absolute Gasteiger partial charge is 0.491 e. The zero-order chi connectivity index (χ0) is 26.8. The van der Waals surface area contributed by atoms with E-state index >= 15 is 17.6 Å². The Labute approximate surface area is 202 Å². The first-order valence-electron chi connectivity index (χ1n) is 10.5. The van der Waals surface area contributed by atoms with Gasteiger partial charge >= 0.3 is 0 Å². The van der Waals surface area contributed by atoms with Crippen molar-refractivity contribution in [1.29, 1.82) is 0 Å². The van der Waals surface area contributed by atoms with Crippen LogP contribution in [0.5, 0.6) is 5.75 Å². The lowest BCUT2D eigenvalue weighted by Crippen LogP contribution is -2.07. The Kier molecular flexibility index (Phi) is 5.77. The molecule has 0 fully saturated rings. The molecule has 0 aliphatic rings. The summed E-state index contributed by atoms with van der Waals surface area (Å²) in [5, 5.41) is -2.99. The van der Waals surface area contributed by atoms with Crippen LogP contribution in [-0.2, 0) is 0 Å². The highest BCUT2D eigenvalue weighted by Gasteiger charge is 2.34. The van der Waals surface area contributed by atoms with Crippen molar-refractivity contribution in [1.82, 2.24) is 0 Å². The van der Waals surface area contributed by atoms with Crippen LogP contribution >= 0.6 is 0 Å². The van der Waals surface area contributed by atoms with Gasteiger partial charge in [0.15, 0.2) is 40.7 Å². The Hall–Kier alpha value is -4.21. The van der Waals surface area contributed by atoms with Crippen molar-refractivity contribution in [3.05, 3.63) is 101 Å². The zero-order valence-corrected chi connectivity index (χ0v) is 18.4. The number of hydrogen-bond acceptors (Lipinski definition) is 1. The maximum Gasteiger partial charge on any atom is 0.204 e. The van der Waals surface area contributed by atoms with Gasteiger partial charge in [0.2, 0.25) is 11.6 Å². The number of rotatable bonds is 3. The van der Waals surface area contributed by atoms with Crippen molar-refractivity contribution in [3.8, 4) is 28.0 Å². The molecule has 5 aromatic carbocycles. The molecule has 0 N–H and O–H groups in total. The molecular weight excluding hydrogens is 511 g/mol. The number of fused-ring (bicyclic) bond motifs is 2. The lowest BCUT2D eigenvalue weighted by atomic mass is 9.84. The van der Waals surface area contributed by atoms with Crippen molar-refractivity contribution in [2.24, 2.45) is 0 Å². The summed E-state index contributed by atoms with van der Waals surface area (Å²) in [5.74, 6) is -19.4. The Morgan fingerprint density at radius 2 is 1.03 bits per heavy atom. The average Bonchev–Trinajstić information content (AvgIpc) is 2.90. The van der Waals surface area contributed by atoms with Gasteiger partial charge in [0.25, 0.3) is 0 Å². The molecule has 0 amide bonds. The van der Waals surface area contributed by atoms with E-state index in [4.69, 9.17) is 0 Å². The molecule has 37 heavy (non-hydrogen) atoms. The second-order valence-corrected chi connectivity index (χ2v) is 7.98. The molecule has 0 atom stereocenters. The molecule has 0 radical (unpaired) electrons. The fourth-order valence-corrected chi connectivity index (χ4v) is 4.49. The predicted molar refractivity (Wildman–Crippen MR) is 119 cm³/mol. The molecule has 1 nitrogen and oxygen atoms in total. The summed E-state index contributed by atoms with van der Waals surface area (Å²) in [6.45, 7) is 0. The molecule has 0 spiro atoms. The van der Waals surface area contributed by atoms with Crippen LogP contribution in [0.3, 0.4) is 0 Å². The first-order chi connectivity index (χ1) is 17.6. The van der Waals surface area contributed by atoms with E-state index in [1.165, 1.54) is 24.3 Å². The van der Waals surface area contributed by atoms with Crippen molar-refractivity contribution in [3.63, 3.8) is 0 Å². The smallest absolute Gasteiger partial charge is 0.204 e. The molecule has 0 aliphatic heterocycles. The van der Waals surface area contributed by atoms with Gasteiger partial charge in [0.05, 0.1) is 12.7 Å². The topological polar surface area (TPSA) is 9.23 Å². The van der Waals surface area contributed by atoms with Crippen LogP contribution in [0, 0.1) is 52.4 Å². The Morgan fingerprint density at radius 3 is 1.57 bits per heavy atom. The van der Waals surface area contributed by atoms with Crippen molar-refractivity contribution >= 4 is 21.5 Å². The fourth-order valence-electron chi connectivity index (χ4n) is 4.49. The van der Waals surface area contributed by atoms with Gasteiger partial charge < -0.3 is 4.74 Å². The summed E-state index contributed by atoms with van der Waals surface area (Å²) < 4.78 is 138. The second kappa shape index (κ2) is 8.72. The van der Waals surface area contributed by atoms with Gasteiger partial charge in [-0.2, -0.15) is 8.78 Å². The molecule has 0 aromatic heterocycles. The molecule has 5 rings (SSSR count). The molecule has 0 aliphatic carbocycles. The summed E-state index contributed by atoms with van der Waals surface area (Å²) >= 11 is 0. The van der Waals surface area contributed by atoms with Crippen LogP contribution in [0.15, 0.2) is 48.5 Å². The van der Waals surface area contributed by atoms with Crippen LogP contribution in [0.1, 0.15) is 0 Å². The summed E-state index contributed by atoms with van der Waals surface area (Å²) in [7, 11) is 0.724. The molecule has 188 valence electrons. The van der Waals surface area contributed by atoms with Gasteiger partial charge in [-0.05, 0) is 28.5 Å². The van der Waals surface area contributed by atoms with E-state index < -0.39 is 85.4 Å². The Balaban J connectivity index is 2.18. The minimum atomic E-state index is -2.35. The van der Waals surface area contributed by atoms with Gasteiger partial charge in [0, 0.05) is 21.9 Å². The van der Waals surface area contributed by atoms with E-state index in [1.807, 2.05) is 0 Å². The summed E-state index contributed by atoms with van der Waals surface area (Å²) in [5.41, 5.74) is -2.89. The third-order valence-electron chi connectivity index (χ3n) is 6.03. The quantitative estimate of drug-likeness (QED) is 0.0998. The van der Waals surface area contributed by atoms with Crippen LogP contribution in [0.25, 0.3) is 43.8 Å². The summed E-state index contributed by atoms with van der Waals surface area (Å²) in [4.78, 5) is 0. The minimum Gasteiger partial charge on any atom is -0.491 e. The van der Waals surface area contributed by atoms with Gasteiger partial charge in [-0.15, -0.1) is 0 Å². The van der Waals surface area contributed by atoms with Gasteiger partial charge in [0.1, 0.15) is 5.82 Å². The molecular formula is C27H11F9O. The van der Waals surface area contributed by atoms with E-state index in [-0.39, 0.29) is 16.5 Å². The van der Waals surface area contributed by atoms with E-state index in [1.54, 1.807) is 6.07 Å². The molecule has 0 saturated heterocycles. The van der Waals surface area contributed by atoms with E-state index in [2.05, 4.69) is 4.74 Å². The Morgan fingerprint density at radius 1 is 0.486 bits per heavy atom. The highest BCUT2D eigenvalue weighted by Crippen LogP contribution is 2.49. The molecule has 0 heterocycles. The highest BCUT2D eigenvalue weighted by atomic mass is 19.2. The minimum absolute atomic E-state index is 0.119. The van der Waals surface area contributed by atoms with Gasteiger partial charge in [-0.1, -0.05) is 36.4 Å². The van der Waals surface area contributed by atoms with Gasteiger partial charge in [-0.25, -0.2) is 30.7 Å². The van der Waals surface area contributed by atoms with E-state index in [0.717, 1.165) is 19.2 Å². The van der Waals surface area contributed by atoms with Crippen molar-refractivity contribution < 1.29 is 44.3 Å². The van der Waals surface area contributed by atoms with Crippen LogP contribution < -0.4 is 4.74 Å². The van der Waals surface area contributed by atoms with Gasteiger partial charge in [-0.3, -0.25) is 0 Å². The monoisotopic (exact) mass is 522 g/mol. The normalized spacial score (nSPS) is 11.5. The van der Waals surface area contributed by atoms with Crippen LogP contribution in [0.2, 0.25) is 0 Å². The zero-order valence-electron chi connectivity index (χ0n) is 18.4. The maximum atomic E-state index is 15.4. The average molecular weight is 522 g/mol. The maximum absolute atomic E-state index is 15.4. The molecule has 10 heteroatoms. The summed E-state index contributed by atoms with van der Waals surface area (Å²) in [6.07, 6.45) is 0. The molecule has 0 unspecified atom stereocenters. The van der Waals surface area contributed by atoms with E-state index in [9.17, 15) is 22.0 Å². The third kappa shape index (κ3) is 3.42. The Bertz CT molecular complexity index is 1720. The number of benzene rings is 5. The summed E-state index contributed by atoms with van der Waals surface area (Å²) in [6, 6.07) is 9.85. The second-order valence-electron chi connectivity index (χ2n) is 7.98. The van der Waals surface area contributed by atoms with E-state index in [0.29, 0.717) is 6.07 Å². The number of ether oxygens (including phenoxy) is 1. The fraction of sp³-hybridized carbons (Fsp3) is 0.0370. The molecule has 0 bridgehead atoms. The number of hydrogen-bond donors (Lipinski definition) is 0. The number of halogens is 9. The highest BCUT2D eigenvalue weighted by molar-refractivity contribution is 6.21. The third-order valence-corrected chi connectivity index (χ3v) is 6.03. The molecule has 5 aromatic rings. The first-order valence-corrected chi connectivity index (χ1v) is 10.5. The SMILES string of the molecule is COc1c(F)c(F)c(-c2c3cc(F)ccc3c(-c3ccccc3)c3c(F)c(F)c(F)c(F)c23)c(F)c1F. The first kappa shape index (κ1) is 24.5. The van der Waals surface area contributed by atoms with Crippen molar-refractivity contribution in [2.75, 3.05) is 7.11 Å². The number of methoxy groups -OCH3 is 1. The standard InChI is InChI=1S/C27H11F9O/c1-37-27-25(35)21(31)18(22(32)26(27)36)15-13-9-11(28)7-8-12(13)14(10-5-3-2-4-6-10)16-17(15)20(30)24(34)23(33)19(16)29/h2-9H,1H3. The lowest BCUT2D eigenvalue weighted by molar-refractivity contribution is 0.334.